The highest BCUT2D eigenvalue weighted by Gasteiger charge is 1.99. The summed E-state index contributed by atoms with van der Waals surface area (Å²) in [5, 5.41) is 3.14. The Morgan fingerprint density at radius 3 is 2.57 bits per heavy atom. The molecule has 2 rings (SSSR count). The van der Waals surface area contributed by atoms with Crippen molar-refractivity contribution in [2.45, 2.75) is 33.2 Å². The quantitative estimate of drug-likeness (QED) is 0.432. The van der Waals surface area contributed by atoms with E-state index in [0.717, 1.165) is 18.5 Å². The molecule has 0 aliphatic carbocycles. The Morgan fingerprint density at radius 1 is 1.14 bits per heavy atom. The Hall–Kier alpha value is -1.08. The second-order valence-electron chi connectivity index (χ2n) is 4.60. The molecule has 1 aromatic heterocycles. The van der Waals surface area contributed by atoms with Crippen molar-refractivity contribution in [2.24, 2.45) is 10.7 Å². The van der Waals surface area contributed by atoms with E-state index in [4.69, 9.17) is 5.73 Å². The zero-order valence-electron chi connectivity index (χ0n) is 12.4. The van der Waals surface area contributed by atoms with E-state index in [1.165, 1.54) is 15.3 Å². The van der Waals surface area contributed by atoms with Crippen LogP contribution in [0.3, 0.4) is 0 Å². The minimum absolute atomic E-state index is 0. The van der Waals surface area contributed by atoms with Crippen molar-refractivity contribution in [1.82, 2.24) is 0 Å². The fraction of sp³-hybridized carbons (Fsp3) is 0.312. The third-order valence-electron chi connectivity index (χ3n) is 3.08. The summed E-state index contributed by atoms with van der Waals surface area (Å²) in [6, 6.07) is 12.5. The fourth-order valence-electron chi connectivity index (χ4n) is 1.92. The van der Waals surface area contributed by atoms with Gasteiger partial charge in [0.15, 0.2) is 5.96 Å². The lowest BCUT2D eigenvalue weighted by Crippen LogP contribution is -2.22. The maximum atomic E-state index is 5.93. The first-order valence-electron chi connectivity index (χ1n) is 6.94. The van der Waals surface area contributed by atoms with Crippen LogP contribution >= 0.6 is 35.3 Å². The van der Waals surface area contributed by atoms with Crippen molar-refractivity contribution in [3.05, 3.63) is 51.7 Å². The van der Waals surface area contributed by atoms with E-state index < -0.39 is 0 Å². The van der Waals surface area contributed by atoms with Gasteiger partial charge < -0.3 is 11.1 Å². The molecule has 0 saturated heterocycles. The van der Waals surface area contributed by atoms with E-state index in [0.29, 0.717) is 12.5 Å². The first kappa shape index (κ1) is 18.0. The predicted octanol–water partition coefficient (Wildman–Crippen LogP) is 4.42. The number of anilines is 1. The van der Waals surface area contributed by atoms with Crippen LogP contribution in [0.2, 0.25) is 0 Å². The normalized spacial score (nSPS) is 11.0. The van der Waals surface area contributed by atoms with Crippen LogP contribution in [0.25, 0.3) is 0 Å². The lowest BCUT2D eigenvalue weighted by molar-refractivity contribution is 1.09. The molecule has 0 aliphatic heterocycles. The zero-order chi connectivity index (χ0) is 14.4. The summed E-state index contributed by atoms with van der Waals surface area (Å²) in [5.41, 5.74) is 8.21. The summed E-state index contributed by atoms with van der Waals surface area (Å²) >= 11 is 1.80. The lowest BCUT2D eigenvalue weighted by Gasteiger charge is -2.06. The third kappa shape index (κ3) is 5.67. The average Bonchev–Trinajstić information content (AvgIpc) is 2.93. The Labute approximate surface area is 147 Å². The maximum absolute atomic E-state index is 5.93. The van der Waals surface area contributed by atoms with Crippen LogP contribution in [-0.4, -0.2) is 5.96 Å². The number of nitrogens with one attached hydrogen (secondary N) is 1. The van der Waals surface area contributed by atoms with Crippen LogP contribution in [-0.2, 0) is 19.4 Å². The van der Waals surface area contributed by atoms with Gasteiger partial charge in [0.1, 0.15) is 0 Å². The number of benzene rings is 1. The van der Waals surface area contributed by atoms with Gasteiger partial charge in [0.2, 0.25) is 0 Å². The van der Waals surface area contributed by atoms with E-state index >= 15 is 0 Å². The molecule has 5 heteroatoms. The van der Waals surface area contributed by atoms with Gasteiger partial charge in [-0.15, -0.1) is 35.3 Å². The smallest absolute Gasteiger partial charge is 0.193 e. The maximum Gasteiger partial charge on any atom is 0.193 e. The van der Waals surface area contributed by atoms with E-state index in [2.05, 4.69) is 48.4 Å². The molecular weight excluding hydrogens is 393 g/mol. The monoisotopic (exact) mass is 415 g/mol. The molecule has 0 atom stereocenters. The molecule has 114 valence electrons. The molecule has 0 radical (unpaired) electrons. The number of halogens is 1. The van der Waals surface area contributed by atoms with Gasteiger partial charge in [-0.25, -0.2) is 4.99 Å². The van der Waals surface area contributed by atoms with Crippen LogP contribution in [0.5, 0.6) is 0 Å². The molecule has 0 bridgehead atoms. The number of nitrogens with two attached hydrogens (primary N) is 1. The third-order valence-corrected chi connectivity index (χ3v) is 4.29. The van der Waals surface area contributed by atoms with Gasteiger partial charge >= 0.3 is 0 Å². The van der Waals surface area contributed by atoms with Crippen LogP contribution in [0, 0.1) is 0 Å². The van der Waals surface area contributed by atoms with Gasteiger partial charge in [-0.3, -0.25) is 0 Å². The zero-order valence-corrected chi connectivity index (χ0v) is 15.6. The van der Waals surface area contributed by atoms with Crippen LogP contribution < -0.4 is 11.1 Å². The van der Waals surface area contributed by atoms with Crippen molar-refractivity contribution in [2.75, 3.05) is 5.32 Å². The molecule has 3 nitrogen and oxygen atoms in total. The molecule has 3 N–H and O–H groups in total. The molecule has 0 spiro atoms. The summed E-state index contributed by atoms with van der Waals surface area (Å²) in [6.45, 7) is 4.94. The van der Waals surface area contributed by atoms with E-state index in [1.54, 1.807) is 11.3 Å². The molecule has 0 amide bonds. The molecular formula is C16H22IN3S. The summed E-state index contributed by atoms with van der Waals surface area (Å²) in [6.07, 6.45) is 2.09. The number of hydrogen-bond donors (Lipinski definition) is 2. The predicted molar refractivity (Wildman–Crippen MR) is 104 cm³/mol. The van der Waals surface area contributed by atoms with E-state index in [9.17, 15) is 0 Å². The summed E-state index contributed by atoms with van der Waals surface area (Å²) < 4.78 is 0. The standard InChI is InChI=1S/C16H21N3S.HI/c1-3-12-6-5-7-13(10-12)19-16(17)18-11-15-9-8-14(4-2)20-15;/h5-10H,3-4,11H2,1-2H3,(H3,17,18,19);1H. The number of thiophene rings is 1. The number of rotatable bonds is 5. The number of aryl methyl sites for hydroxylation is 2. The highest BCUT2D eigenvalue weighted by atomic mass is 127. The SMILES string of the molecule is CCc1cccc(NC(N)=NCc2ccc(CC)s2)c1.I. The summed E-state index contributed by atoms with van der Waals surface area (Å²) in [7, 11) is 0. The Morgan fingerprint density at radius 2 is 1.90 bits per heavy atom. The van der Waals surface area contributed by atoms with Crippen LogP contribution in [0.1, 0.15) is 29.2 Å². The van der Waals surface area contributed by atoms with Gasteiger partial charge in [-0.1, -0.05) is 26.0 Å². The van der Waals surface area contributed by atoms with Gasteiger partial charge in [-0.05, 0) is 42.7 Å². The number of hydrogen-bond acceptors (Lipinski definition) is 2. The first-order valence-corrected chi connectivity index (χ1v) is 7.76. The molecule has 1 aromatic carbocycles. The summed E-state index contributed by atoms with van der Waals surface area (Å²) in [4.78, 5) is 7.02. The topological polar surface area (TPSA) is 50.4 Å². The molecule has 1 heterocycles. The Kier molecular flexibility index (Phi) is 7.74. The van der Waals surface area contributed by atoms with E-state index in [-0.39, 0.29) is 24.0 Å². The minimum Gasteiger partial charge on any atom is -0.370 e. The lowest BCUT2D eigenvalue weighted by atomic mass is 10.1. The van der Waals surface area contributed by atoms with Crippen LogP contribution in [0.4, 0.5) is 5.69 Å². The Bertz CT molecular complexity index is 593. The molecule has 0 aliphatic rings. The highest BCUT2D eigenvalue weighted by Crippen LogP contribution is 2.17. The van der Waals surface area contributed by atoms with Crippen molar-refractivity contribution in [3.8, 4) is 0 Å². The number of nitrogens with zero attached hydrogens (tertiary/aromatic N) is 1. The highest BCUT2D eigenvalue weighted by molar-refractivity contribution is 14.0. The molecule has 0 saturated carbocycles. The molecule has 0 fully saturated rings. The second kappa shape index (κ2) is 9.04. The van der Waals surface area contributed by atoms with Crippen LogP contribution in [0.15, 0.2) is 41.4 Å². The Balaban J connectivity index is 0.00000220. The van der Waals surface area contributed by atoms with E-state index in [1.807, 2.05) is 12.1 Å². The fourth-order valence-corrected chi connectivity index (χ4v) is 2.80. The minimum atomic E-state index is 0. The van der Waals surface area contributed by atoms with Crippen molar-refractivity contribution in [3.63, 3.8) is 0 Å². The number of aliphatic imine (C=N–C) groups is 1. The molecule has 0 unspecified atom stereocenters. The van der Waals surface area contributed by atoms with Gasteiger partial charge in [0.25, 0.3) is 0 Å². The molecule has 2 aromatic rings. The number of guanidine groups is 1. The molecule has 21 heavy (non-hydrogen) atoms. The first-order chi connectivity index (χ1) is 9.71. The van der Waals surface area contributed by atoms with Crippen molar-refractivity contribution in [1.29, 1.82) is 0 Å². The largest absolute Gasteiger partial charge is 0.370 e. The van der Waals surface area contributed by atoms with Gasteiger partial charge in [0.05, 0.1) is 6.54 Å². The van der Waals surface area contributed by atoms with Crippen molar-refractivity contribution < 1.29 is 0 Å². The van der Waals surface area contributed by atoms with Gasteiger partial charge in [-0.2, -0.15) is 0 Å². The van der Waals surface area contributed by atoms with Gasteiger partial charge in [0, 0.05) is 15.4 Å². The average molecular weight is 415 g/mol. The second-order valence-corrected chi connectivity index (χ2v) is 5.85. The summed E-state index contributed by atoms with van der Waals surface area (Å²) in [5.74, 6) is 0.463. The van der Waals surface area contributed by atoms with Crippen molar-refractivity contribution >= 4 is 47.0 Å².